The molecule has 0 atom stereocenters. The minimum absolute atomic E-state index is 0.131. The number of nitriles is 1. The molecule has 106 valence electrons. The van der Waals surface area contributed by atoms with Gasteiger partial charge in [0.2, 0.25) is 9.84 Å². The van der Waals surface area contributed by atoms with E-state index in [4.69, 9.17) is 0 Å². The molecule has 0 fully saturated rings. The lowest BCUT2D eigenvalue weighted by atomic mass is 10.2. The third kappa shape index (κ3) is 3.52. The smallest absolute Gasteiger partial charge is 0.216 e. The Balaban J connectivity index is 2.53. The summed E-state index contributed by atoms with van der Waals surface area (Å²) in [4.78, 5) is -0.123. The van der Waals surface area contributed by atoms with Gasteiger partial charge in [-0.3, -0.25) is 0 Å². The largest absolute Gasteiger partial charge is 0.218 e. The molecule has 3 nitrogen and oxygen atoms in total. The van der Waals surface area contributed by atoms with E-state index in [0.717, 1.165) is 9.13 Å². The van der Waals surface area contributed by atoms with Crippen molar-refractivity contribution >= 4 is 38.5 Å². The number of nitrogens with zero attached hydrogens (tertiary/aromatic N) is 1. The van der Waals surface area contributed by atoms with E-state index in [1.807, 2.05) is 25.1 Å². The Hall–Kier alpha value is -1.65. The Morgan fingerprint density at radius 1 is 1.14 bits per heavy atom. The Morgan fingerprint density at radius 2 is 1.76 bits per heavy atom. The predicted molar refractivity (Wildman–Crippen MR) is 91.1 cm³/mol. The lowest BCUT2D eigenvalue weighted by Crippen LogP contribution is -2.03. The van der Waals surface area contributed by atoms with Crippen molar-refractivity contribution in [2.24, 2.45) is 0 Å². The van der Waals surface area contributed by atoms with Crippen molar-refractivity contribution in [1.82, 2.24) is 0 Å². The zero-order valence-electron chi connectivity index (χ0n) is 11.2. The third-order valence-corrected chi connectivity index (χ3v) is 5.59. The third-order valence-electron chi connectivity index (χ3n) is 2.92. The number of rotatable bonds is 3. The molecule has 0 saturated carbocycles. The van der Waals surface area contributed by atoms with Gasteiger partial charge in [0.15, 0.2) is 0 Å². The van der Waals surface area contributed by atoms with Crippen LogP contribution in [-0.2, 0) is 9.84 Å². The summed E-state index contributed by atoms with van der Waals surface area (Å²) in [5, 5.41) is 9.23. The summed E-state index contributed by atoms with van der Waals surface area (Å²) in [7, 11) is -3.79. The maximum absolute atomic E-state index is 12.5. The first-order valence-corrected chi connectivity index (χ1v) is 8.69. The second kappa shape index (κ2) is 6.41. The topological polar surface area (TPSA) is 57.9 Å². The second-order valence-corrected chi connectivity index (χ2v) is 7.54. The average Bonchev–Trinajstić information content (AvgIpc) is 2.46. The molecule has 2 aromatic rings. The number of sulfone groups is 1. The van der Waals surface area contributed by atoms with Crippen molar-refractivity contribution in [3.63, 3.8) is 0 Å². The molecule has 0 saturated heterocycles. The van der Waals surface area contributed by atoms with Gasteiger partial charge in [-0.25, -0.2) is 8.42 Å². The Bertz CT molecular complexity index is 831. The Kier molecular flexibility index (Phi) is 4.80. The molecular formula is C16H12INO2S. The summed E-state index contributed by atoms with van der Waals surface area (Å²) in [6.07, 6.45) is 1.41. The average molecular weight is 409 g/mol. The van der Waals surface area contributed by atoms with Crippen molar-refractivity contribution in [3.05, 3.63) is 68.1 Å². The molecule has 0 radical (unpaired) electrons. The van der Waals surface area contributed by atoms with E-state index >= 15 is 0 Å². The molecule has 0 amide bonds. The summed E-state index contributed by atoms with van der Waals surface area (Å²) in [5.74, 6) is 0. The van der Waals surface area contributed by atoms with Crippen molar-refractivity contribution in [2.45, 2.75) is 11.8 Å². The van der Waals surface area contributed by atoms with Gasteiger partial charge in [0.25, 0.3) is 0 Å². The molecule has 21 heavy (non-hydrogen) atoms. The SMILES string of the molecule is Cc1ccc(S(=O)(=O)/C(C#N)=C/c2ccccc2I)cc1. The minimum Gasteiger partial charge on any atom is -0.218 e. The molecule has 0 heterocycles. The monoisotopic (exact) mass is 409 g/mol. The van der Waals surface area contributed by atoms with Crippen LogP contribution in [0.25, 0.3) is 6.08 Å². The molecule has 2 aromatic carbocycles. The van der Waals surface area contributed by atoms with Crippen LogP contribution in [0.4, 0.5) is 0 Å². The Labute approximate surface area is 138 Å². The molecule has 0 aromatic heterocycles. The van der Waals surface area contributed by atoms with Crippen LogP contribution < -0.4 is 0 Å². The highest BCUT2D eigenvalue weighted by Gasteiger charge is 2.20. The number of hydrogen-bond acceptors (Lipinski definition) is 3. The van der Waals surface area contributed by atoms with Gasteiger partial charge in [0, 0.05) is 3.57 Å². The number of allylic oxidation sites excluding steroid dienone is 1. The highest BCUT2D eigenvalue weighted by Crippen LogP contribution is 2.23. The fourth-order valence-electron chi connectivity index (χ4n) is 1.75. The van der Waals surface area contributed by atoms with E-state index in [1.54, 1.807) is 24.3 Å². The van der Waals surface area contributed by atoms with Gasteiger partial charge in [0.1, 0.15) is 11.0 Å². The number of halogens is 1. The van der Waals surface area contributed by atoms with Gasteiger partial charge in [-0.15, -0.1) is 0 Å². The molecule has 0 aliphatic rings. The Morgan fingerprint density at radius 3 is 2.33 bits per heavy atom. The van der Waals surface area contributed by atoms with Crippen LogP contribution in [0, 0.1) is 21.8 Å². The van der Waals surface area contributed by atoms with E-state index < -0.39 is 9.84 Å². The van der Waals surface area contributed by atoms with Crippen LogP contribution in [-0.4, -0.2) is 8.42 Å². The van der Waals surface area contributed by atoms with Gasteiger partial charge < -0.3 is 0 Å². The highest BCUT2D eigenvalue weighted by molar-refractivity contribution is 14.1. The number of benzene rings is 2. The minimum atomic E-state index is -3.79. The van der Waals surface area contributed by atoms with E-state index in [0.29, 0.717) is 5.56 Å². The summed E-state index contributed by atoms with van der Waals surface area (Å²) in [5.41, 5.74) is 1.68. The van der Waals surface area contributed by atoms with Gasteiger partial charge in [-0.05, 0) is 59.4 Å². The zero-order chi connectivity index (χ0) is 15.5. The molecule has 0 unspecified atom stereocenters. The number of aryl methyl sites for hydroxylation is 1. The van der Waals surface area contributed by atoms with Crippen LogP contribution in [0.1, 0.15) is 11.1 Å². The highest BCUT2D eigenvalue weighted by atomic mass is 127. The van der Waals surface area contributed by atoms with E-state index in [1.165, 1.54) is 18.2 Å². The first-order valence-electron chi connectivity index (χ1n) is 6.13. The maximum Gasteiger partial charge on any atom is 0.216 e. The van der Waals surface area contributed by atoms with Crippen molar-refractivity contribution < 1.29 is 8.42 Å². The molecule has 5 heteroatoms. The lowest BCUT2D eigenvalue weighted by Gasteiger charge is -2.04. The van der Waals surface area contributed by atoms with Crippen molar-refractivity contribution in [2.75, 3.05) is 0 Å². The van der Waals surface area contributed by atoms with Gasteiger partial charge in [-0.1, -0.05) is 35.9 Å². The molecule has 0 bridgehead atoms. The van der Waals surface area contributed by atoms with Crippen LogP contribution in [0.5, 0.6) is 0 Å². The van der Waals surface area contributed by atoms with Crippen molar-refractivity contribution in [1.29, 1.82) is 5.26 Å². The van der Waals surface area contributed by atoms with Gasteiger partial charge >= 0.3 is 0 Å². The molecule has 0 spiro atoms. The van der Waals surface area contributed by atoms with E-state index in [2.05, 4.69) is 22.6 Å². The quantitative estimate of drug-likeness (QED) is 0.570. The normalized spacial score (nSPS) is 12.0. The van der Waals surface area contributed by atoms with E-state index in [-0.39, 0.29) is 9.80 Å². The standard InChI is InChI=1S/C16H12INO2S/c1-12-6-8-14(9-7-12)21(19,20)15(11-18)10-13-4-2-3-5-16(13)17/h2-10H,1H3/b15-10+. The van der Waals surface area contributed by atoms with Crippen molar-refractivity contribution in [3.8, 4) is 6.07 Å². The molecule has 0 aliphatic carbocycles. The summed E-state index contributed by atoms with van der Waals surface area (Å²) in [6, 6.07) is 15.6. The second-order valence-electron chi connectivity index (χ2n) is 4.46. The van der Waals surface area contributed by atoms with Gasteiger partial charge in [-0.2, -0.15) is 5.26 Å². The fraction of sp³-hybridized carbons (Fsp3) is 0.0625. The molecule has 0 N–H and O–H groups in total. The summed E-state index contributed by atoms with van der Waals surface area (Å²) >= 11 is 2.11. The van der Waals surface area contributed by atoms with Crippen LogP contribution >= 0.6 is 22.6 Å². The maximum atomic E-state index is 12.5. The lowest BCUT2D eigenvalue weighted by molar-refractivity contribution is 0.603. The zero-order valence-corrected chi connectivity index (χ0v) is 14.2. The summed E-state index contributed by atoms with van der Waals surface area (Å²) in [6.45, 7) is 1.88. The van der Waals surface area contributed by atoms with Gasteiger partial charge in [0.05, 0.1) is 4.90 Å². The predicted octanol–water partition coefficient (Wildman–Crippen LogP) is 3.94. The number of hydrogen-bond donors (Lipinski definition) is 0. The molecular weight excluding hydrogens is 397 g/mol. The first kappa shape index (κ1) is 15.7. The molecule has 2 rings (SSSR count). The fourth-order valence-corrected chi connectivity index (χ4v) is 3.44. The van der Waals surface area contributed by atoms with Crippen LogP contribution in [0.15, 0.2) is 58.3 Å². The molecule has 0 aliphatic heterocycles. The van der Waals surface area contributed by atoms with Crippen LogP contribution in [0.2, 0.25) is 0 Å². The van der Waals surface area contributed by atoms with Crippen LogP contribution in [0.3, 0.4) is 0 Å². The van der Waals surface area contributed by atoms with E-state index in [9.17, 15) is 13.7 Å². The summed E-state index contributed by atoms with van der Waals surface area (Å²) < 4.78 is 25.9. The first-order chi connectivity index (χ1) is 9.95.